The molecule has 148 valence electrons. The molecular weight excluding hydrogens is 352 g/mol. The van der Waals surface area contributed by atoms with E-state index in [0.29, 0.717) is 0 Å². The summed E-state index contributed by atoms with van der Waals surface area (Å²) in [5, 5.41) is 2.08. The number of esters is 2. The fourth-order valence-electron chi connectivity index (χ4n) is 2.49. The molecule has 0 saturated heterocycles. The van der Waals surface area contributed by atoms with Crippen LogP contribution in [0.1, 0.15) is 52.7 Å². The number of carbonyl (C=O) groups excluding carboxylic acids is 2. The van der Waals surface area contributed by atoms with E-state index in [-0.39, 0.29) is 11.9 Å². The van der Waals surface area contributed by atoms with Crippen LogP contribution >= 0.6 is 0 Å². The topological polar surface area (TPSA) is 52.6 Å². The number of fused-ring (bicyclic) bond motifs is 1. The highest BCUT2D eigenvalue weighted by atomic mass is 16.6. The summed E-state index contributed by atoms with van der Waals surface area (Å²) < 4.78 is 10.5. The Morgan fingerprint density at radius 3 is 1.36 bits per heavy atom. The van der Waals surface area contributed by atoms with E-state index in [4.69, 9.17) is 9.47 Å². The molecule has 28 heavy (non-hydrogen) atoms. The van der Waals surface area contributed by atoms with Crippen molar-refractivity contribution >= 4 is 34.9 Å². The van der Waals surface area contributed by atoms with Gasteiger partial charge in [-0.25, -0.2) is 9.59 Å². The molecule has 0 saturated carbocycles. The zero-order valence-corrected chi connectivity index (χ0v) is 17.4. The first-order valence-corrected chi connectivity index (χ1v) is 9.27. The second-order valence-corrected chi connectivity index (χ2v) is 8.60. The van der Waals surface area contributed by atoms with Crippen LogP contribution < -0.4 is 0 Å². The van der Waals surface area contributed by atoms with Crippen molar-refractivity contribution in [1.29, 1.82) is 0 Å². The van der Waals surface area contributed by atoms with Gasteiger partial charge in [-0.2, -0.15) is 0 Å². The van der Waals surface area contributed by atoms with E-state index in [1.807, 2.05) is 77.9 Å². The molecule has 0 atom stereocenters. The first-order chi connectivity index (χ1) is 12.9. The number of hydrogen-bond donors (Lipinski definition) is 0. The lowest BCUT2D eigenvalue weighted by Crippen LogP contribution is -2.22. The summed E-state index contributed by atoms with van der Waals surface area (Å²) in [4.78, 5) is 23.6. The van der Waals surface area contributed by atoms with Crippen molar-refractivity contribution in [1.82, 2.24) is 0 Å². The van der Waals surface area contributed by atoms with Gasteiger partial charge in [0.15, 0.2) is 0 Å². The first kappa shape index (κ1) is 21.4. The second kappa shape index (κ2) is 8.42. The van der Waals surface area contributed by atoms with Gasteiger partial charge in [-0.05, 0) is 87.7 Å². The molecule has 0 amide bonds. The summed E-state index contributed by atoms with van der Waals surface area (Å²) in [5.41, 5.74) is 0.813. The Balaban J connectivity index is 2.11. The maximum absolute atomic E-state index is 11.8. The van der Waals surface area contributed by atoms with E-state index in [9.17, 15) is 9.59 Å². The van der Waals surface area contributed by atoms with Gasteiger partial charge in [-0.3, -0.25) is 0 Å². The van der Waals surface area contributed by atoms with Crippen LogP contribution in [-0.2, 0) is 19.1 Å². The number of ether oxygens (including phenoxy) is 2. The van der Waals surface area contributed by atoms with Crippen molar-refractivity contribution in [3.63, 3.8) is 0 Å². The Hall–Kier alpha value is -2.88. The molecule has 0 spiro atoms. The first-order valence-electron chi connectivity index (χ1n) is 9.27. The molecule has 0 radical (unpaired) electrons. The maximum atomic E-state index is 11.8. The van der Waals surface area contributed by atoms with E-state index in [1.165, 1.54) is 12.2 Å². The van der Waals surface area contributed by atoms with Crippen molar-refractivity contribution in [2.45, 2.75) is 52.7 Å². The van der Waals surface area contributed by atoms with Gasteiger partial charge in [0.05, 0.1) is 0 Å². The zero-order chi connectivity index (χ0) is 20.9. The van der Waals surface area contributed by atoms with Crippen LogP contribution in [0.25, 0.3) is 22.9 Å². The maximum Gasteiger partial charge on any atom is 0.331 e. The predicted molar refractivity (Wildman–Crippen MR) is 114 cm³/mol. The van der Waals surface area contributed by atoms with Crippen LogP contribution in [0, 0.1) is 0 Å². The zero-order valence-electron chi connectivity index (χ0n) is 17.4. The van der Waals surface area contributed by atoms with E-state index in [2.05, 4.69) is 0 Å². The highest BCUT2D eigenvalue weighted by Gasteiger charge is 2.14. The monoisotopic (exact) mass is 380 g/mol. The van der Waals surface area contributed by atoms with Gasteiger partial charge >= 0.3 is 11.9 Å². The lowest BCUT2D eigenvalue weighted by atomic mass is 10.0. The smallest absolute Gasteiger partial charge is 0.331 e. The molecule has 0 aliphatic heterocycles. The lowest BCUT2D eigenvalue weighted by molar-refractivity contribution is -0.149. The lowest BCUT2D eigenvalue weighted by Gasteiger charge is -2.18. The molecule has 0 unspecified atom stereocenters. The molecular formula is C24H28O4. The molecule has 0 bridgehead atoms. The van der Waals surface area contributed by atoms with Gasteiger partial charge in [-0.1, -0.05) is 24.3 Å². The molecule has 0 N–H and O–H groups in total. The quantitative estimate of drug-likeness (QED) is 0.515. The second-order valence-electron chi connectivity index (χ2n) is 8.60. The van der Waals surface area contributed by atoms with Gasteiger partial charge in [-0.15, -0.1) is 0 Å². The third kappa shape index (κ3) is 7.39. The molecule has 0 aliphatic rings. The summed E-state index contributed by atoms with van der Waals surface area (Å²) in [6.45, 7) is 11.0. The molecule has 2 aromatic carbocycles. The molecule has 4 nitrogen and oxygen atoms in total. The Morgan fingerprint density at radius 1 is 0.679 bits per heavy atom. The Bertz CT molecular complexity index is 845. The molecule has 0 aliphatic carbocycles. The van der Waals surface area contributed by atoms with Crippen LogP contribution in [0.3, 0.4) is 0 Å². The largest absolute Gasteiger partial charge is 0.457 e. The molecule has 0 aromatic heterocycles. The van der Waals surface area contributed by atoms with Gasteiger partial charge < -0.3 is 9.47 Å². The van der Waals surface area contributed by atoms with Crippen LogP contribution in [0.15, 0.2) is 48.6 Å². The summed E-state index contributed by atoms with van der Waals surface area (Å²) >= 11 is 0. The van der Waals surface area contributed by atoms with E-state index < -0.39 is 11.2 Å². The van der Waals surface area contributed by atoms with Crippen molar-refractivity contribution in [3.05, 3.63) is 59.7 Å². The van der Waals surface area contributed by atoms with Crippen molar-refractivity contribution in [2.75, 3.05) is 0 Å². The summed E-state index contributed by atoms with van der Waals surface area (Å²) in [6, 6.07) is 11.8. The van der Waals surface area contributed by atoms with Gasteiger partial charge in [0.25, 0.3) is 0 Å². The number of rotatable bonds is 4. The predicted octanol–water partition coefficient (Wildman–Crippen LogP) is 5.55. The van der Waals surface area contributed by atoms with E-state index in [0.717, 1.165) is 21.9 Å². The summed E-state index contributed by atoms with van der Waals surface area (Å²) in [7, 11) is 0. The van der Waals surface area contributed by atoms with Crippen LogP contribution in [0.5, 0.6) is 0 Å². The minimum absolute atomic E-state index is 0.366. The third-order valence-corrected chi connectivity index (χ3v) is 3.53. The average Bonchev–Trinajstić information content (AvgIpc) is 2.55. The third-order valence-electron chi connectivity index (χ3n) is 3.53. The minimum Gasteiger partial charge on any atom is -0.457 e. The normalized spacial score (nSPS) is 12.6. The van der Waals surface area contributed by atoms with Crippen LogP contribution in [0.4, 0.5) is 0 Å². The van der Waals surface area contributed by atoms with E-state index in [1.54, 1.807) is 12.2 Å². The Labute approximate surface area is 166 Å². The molecule has 4 heteroatoms. The standard InChI is InChI=1S/C24H28O4/c1-23(2,3)27-21(25)13-9-17-7-11-20-16-18(8-12-19(20)15-17)10-14-22(26)28-24(4,5)6/h7-16H,1-6H3/b13-9-,14-10?. The minimum atomic E-state index is -0.506. The number of carbonyl (C=O) groups is 2. The van der Waals surface area contributed by atoms with Gasteiger partial charge in [0.2, 0.25) is 0 Å². The van der Waals surface area contributed by atoms with Crippen LogP contribution in [-0.4, -0.2) is 23.1 Å². The highest BCUT2D eigenvalue weighted by molar-refractivity contribution is 5.92. The Kier molecular flexibility index (Phi) is 6.45. The summed E-state index contributed by atoms with van der Waals surface area (Å²) in [6.07, 6.45) is 6.35. The average molecular weight is 380 g/mol. The SMILES string of the molecule is CC(C)(C)OC(=O)C=Cc1ccc2cc(/C=C\C(=O)OC(C)(C)C)ccc2c1. The highest BCUT2D eigenvalue weighted by Crippen LogP contribution is 2.20. The fraction of sp³-hybridized carbons (Fsp3) is 0.333. The fourth-order valence-corrected chi connectivity index (χ4v) is 2.49. The number of hydrogen-bond acceptors (Lipinski definition) is 4. The van der Waals surface area contributed by atoms with Gasteiger partial charge in [0, 0.05) is 12.2 Å². The van der Waals surface area contributed by atoms with Crippen molar-refractivity contribution < 1.29 is 19.1 Å². The Morgan fingerprint density at radius 2 is 1.04 bits per heavy atom. The molecule has 0 fully saturated rings. The molecule has 2 aromatic rings. The molecule has 2 rings (SSSR count). The van der Waals surface area contributed by atoms with Gasteiger partial charge in [0.1, 0.15) is 11.2 Å². The number of benzene rings is 2. The van der Waals surface area contributed by atoms with Crippen molar-refractivity contribution in [3.8, 4) is 0 Å². The summed E-state index contributed by atoms with van der Waals surface area (Å²) in [5.74, 6) is -0.731. The van der Waals surface area contributed by atoms with Crippen molar-refractivity contribution in [2.24, 2.45) is 0 Å². The van der Waals surface area contributed by atoms with Crippen LogP contribution in [0.2, 0.25) is 0 Å². The van der Waals surface area contributed by atoms with E-state index >= 15 is 0 Å². The molecule has 0 heterocycles.